The molecule has 0 aliphatic heterocycles. The van der Waals surface area contributed by atoms with E-state index in [2.05, 4.69) is 4.72 Å². The summed E-state index contributed by atoms with van der Waals surface area (Å²) in [6.45, 7) is -0.136. The number of rotatable bonds is 5. The maximum atomic E-state index is 13.5. The van der Waals surface area contributed by atoms with E-state index in [0.717, 1.165) is 12.8 Å². The molecule has 1 saturated carbocycles. The fourth-order valence-corrected chi connectivity index (χ4v) is 3.03. The minimum atomic E-state index is -4.75. The minimum absolute atomic E-state index is 0.136. The molecule has 9 heteroatoms. The molecule has 1 aromatic carbocycles. The highest BCUT2D eigenvalue weighted by atomic mass is 32.2. The Labute approximate surface area is 119 Å². The van der Waals surface area contributed by atoms with Crippen LogP contribution in [0.25, 0.3) is 0 Å². The van der Waals surface area contributed by atoms with Crippen molar-refractivity contribution in [3.8, 4) is 0 Å². The number of nitrogens with two attached hydrogens (primary N) is 1. The smallest absolute Gasteiger partial charge is 0.326 e. The van der Waals surface area contributed by atoms with Gasteiger partial charge in [-0.1, -0.05) is 0 Å². The van der Waals surface area contributed by atoms with Gasteiger partial charge in [-0.05, 0) is 37.0 Å². The second-order valence-corrected chi connectivity index (χ2v) is 6.73. The molecule has 2 rings (SSSR count). The summed E-state index contributed by atoms with van der Waals surface area (Å²) in [7, 11) is -4.38. The zero-order valence-electron chi connectivity index (χ0n) is 10.8. The van der Waals surface area contributed by atoms with Crippen molar-refractivity contribution in [1.82, 2.24) is 4.72 Å². The second-order valence-electron chi connectivity index (χ2n) is 5.00. The fourth-order valence-electron chi connectivity index (χ4n) is 1.86. The molecule has 1 aliphatic rings. The predicted molar refractivity (Wildman–Crippen MR) is 67.3 cm³/mol. The van der Waals surface area contributed by atoms with Crippen molar-refractivity contribution in [1.29, 1.82) is 0 Å². The second kappa shape index (κ2) is 5.54. The third-order valence-electron chi connectivity index (χ3n) is 3.28. The van der Waals surface area contributed by atoms with Crippen LogP contribution in [0.5, 0.6) is 0 Å². The monoisotopic (exact) mass is 326 g/mol. The number of halogens is 4. The summed E-state index contributed by atoms with van der Waals surface area (Å²) in [6.07, 6.45) is -2.97. The highest BCUT2D eigenvalue weighted by Gasteiger charge is 2.34. The zero-order valence-corrected chi connectivity index (χ0v) is 11.6. The first-order valence-corrected chi connectivity index (χ1v) is 7.71. The van der Waals surface area contributed by atoms with E-state index < -0.39 is 38.5 Å². The molecule has 118 valence electrons. The Morgan fingerprint density at radius 3 is 2.48 bits per heavy atom. The van der Waals surface area contributed by atoms with Gasteiger partial charge in [0.25, 0.3) is 0 Å². The van der Waals surface area contributed by atoms with Crippen LogP contribution in [0.3, 0.4) is 0 Å². The Hall–Kier alpha value is -1.19. The van der Waals surface area contributed by atoms with Crippen molar-refractivity contribution in [3.63, 3.8) is 0 Å². The molecular weight excluding hydrogens is 312 g/mol. The third-order valence-corrected chi connectivity index (χ3v) is 4.72. The van der Waals surface area contributed by atoms with Crippen LogP contribution in [-0.4, -0.2) is 21.0 Å². The highest BCUT2D eigenvalue weighted by molar-refractivity contribution is 7.89. The molecule has 1 aliphatic carbocycles. The van der Waals surface area contributed by atoms with Gasteiger partial charge in [0, 0.05) is 12.6 Å². The molecule has 21 heavy (non-hydrogen) atoms. The van der Waals surface area contributed by atoms with Crippen LogP contribution < -0.4 is 10.5 Å². The largest absolute Gasteiger partial charge is 0.416 e. The van der Waals surface area contributed by atoms with Gasteiger partial charge >= 0.3 is 6.18 Å². The predicted octanol–water partition coefficient (Wildman–Crippen LogP) is 1.86. The van der Waals surface area contributed by atoms with Crippen molar-refractivity contribution in [2.24, 2.45) is 11.7 Å². The summed E-state index contributed by atoms with van der Waals surface area (Å²) >= 11 is 0. The van der Waals surface area contributed by atoms with Gasteiger partial charge in [-0.15, -0.1) is 0 Å². The Morgan fingerprint density at radius 2 is 1.95 bits per heavy atom. The topological polar surface area (TPSA) is 72.2 Å². The molecule has 1 unspecified atom stereocenters. The first-order chi connectivity index (χ1) is 9.61. The SMILES string of the molecule is NC(CNS(=O)(=O)c1cc(C(F)(F)F)ccc1F)C1CC1. The molecule has 0 aromatic heterocycles. The standard InChI is InChI=1S/C12H14F4N2O2S/c13-9-4-3-8(12(14,15)16)5-11(9)21(19,20)18-6-10(17)7-1-2-7/h3-5,7,10,18H,1-2,6,17H2. The van der Waals surface area contributed by atoms with Crippen LogP contribution in [-0.2, 0) is 16.2 Å². The number of hydrogen-bond acceptors (Lipinski definition) is 3. The van der Waals surface area contributed by atoms with Gasteiger partial charge in [-0.25, -0.2) is 17.5 Å². The number of benzene rings is 1. The van der Waals surface area contributed by atoms with Crippen molar-refractivity contribution in [2.45, 2.75) is 30.0 Å². The summed E-state index contributed by atoms with van der Waals surface area (Å²) in [6, 6.07) is 0.830. The summed E-state index contributed by atoms with van der Waals surface area (Å²) in [4.78, 5) is -1.03. The lowest BCUT2D eigenvalue weighted by Crippen LogP contribution is -2.38. The van der Waals surface area contributed by atoms with E-state index in [4.69, 9.17) is 5.73 Å². The van der Waals surface area contributed by atoms with Crippen molar-refractivity contribution in [2.75, 3.05) is 6.54 Å². The Kier molecular flexibility index (Phi) is 4.27. The van der Waals surface area contributed by atoms with Gasteiger partial charge in [0.1, 0.15) is 10.7 Å². The molecule has 0 bridgehead atoms. The zero-order chi connectivity index (χ0) is 15.8. The van der Waals surface area contributed by atoms with E-state index in [-0.39, 0.29) is 18.5 Å². The third kappa shape index (κ3) is 3.92. The number of sulfonamides is 1. The van der Waals surface area contributed by atoms with Crippen LogP contribution in [0, 0.1) is 11.7 Å². The van der Waals surface area contributed by atoms with Crippen molar-refractivity contribution < 1.29 is 26.0 Å². The normalized spacial score (nSPS) is 17.8. The molecule has 0 spiro atoms. The van der Waals surface area contributed by atoms with Crippen molar-refractivity contribution in [3.05, 3.63) is 29.6 Å². The van der Waals surface area contributed by atoms with Gasteiger partial charge in [0.15, 0.2) is 0 Å². The Balaban J connectivity index is 2.22. The summed E-state index contributed by atoms with van der Waals surface area (Å²) < 4.78 is 77.1. The van der Waals surface area contributed by atoms with E-state index in [1.807, 2.05) is 0 Å². The lowest BCUT2D eigenvalue weighted by molar-refractivity contribution is -0.137. The van der Waals surface area contributed by atoms with E-state index in [1.165, 1.54) is 0 Å². The summed E-state index contributed by atoms with van der Waals surface area (Å²) in [5, 5.41) is 0. The van der Waals surface area contributed by atoms with E-state index in [9.17, 15) is 26.0 Å². The van der Waals surface area contributed by atoms with Crippen LogP contribution in [0.4, 0.5) is 17.6 Å². The first-order valence-electron chi connectivity index (χ1n) is 6.23. The molecule has 0 radical (unpaired) electrons. The molecule has 1 fully saturated rings. The average molecular weight is 326 g/mol. The number of hydrogen-bond donors (Lipinski definition) is 2. The first kappa shape index (κ1) is 16.2. The molecule has 0 amide bonds. The summed E-state index contributed by atoms with van der Waals surface area (Å²) in [5.74, 6) is -1.03. The van der Waals surface area contributed by atoms with E-state index >= 15 is 0 Å². The molecule has 0 heterocycles. The van der Waals surface area contributed by atoms with Crippen LogP contribution >= 0.6 is 0 Å². The molecule has 1 atom stereocenters. The Bertz CT molecular complexity index is 627. The summed E-state index contributed by atoms with van der Waals surface area (Å²) in [5.41, 5.74) is 4.47. The highest BCUT2D eigenvalue weighted by Crippen LogP contribution is 2.32. The molecule has 4 nitrogen and oxygen atoms in total. The van der Waals surface area contributed by atoms with Gasteiger partial charge < -0.3 is 5.73 Å². The van der Waals surface area contributed by atoms with Gasteiger partial charge in [0.05, 0.1) is 5.56 Å². The van der Waals surface area contributed by atoms with Crippen LogP contribution in [0.1, 0.15) is 18.4 Å². The minimum Gasteiger partial charge on any atom is -0.326 e. The molecule has 1 aromatic rings. The lowest BCUT2D eigenvalue weighted by atomic mass is 10.2. The van der Waals surface area contributed by atoms with Crippen LogP contribution in [0.2, 0.25) is 0 Å². The number of alkyl halides is 3. The molecular formula is C12H14F4N2O2S. The average Bonchev–Trinajstić information content (AvgIpc) is 3.19. The Morgan fingerprint density at radius 1 is 1.33 bits per heavy atom. The lowest BCUT2D eigenvalue weighted by Gasteiger charge is -2.14. The van der Waals surface area contributed by atoms with Crippen molar-refractivity contribution >= 4 is 10.0 Å². The molecule has 3 N–H and O–H groups in total. The molecule has 0 saturated heterocycles. The van der Waals surface area contributed by atoms with E-state index in [0.29, 0.717) is 12.1 Å². The quantitative estimate of drug-likeness (QED) is 0.811. The van der Waals surface area contributed by atoms with Gasteiger partial charge in [0.2, 0.25) is 10.0 Å². The van der Waals surface area contributed by atoms with Crippen LogP contribution in [0.15, 0.2) is 23.1 Å². The maximum Gasteiger partial charge on any atom is 0.416 e. The number of nitrogens with one attached hydrogen (secondary N) is 1. The van der Waals surface area contributed by atoms with Gasteiger partial charge in [-0.3, -0.25) is 0 Å². The fraction of sp³-hybridized carbons (Fsp3) is 0.500. The van der Waals surface area contributed by atoms with E-state index in [1.54, 1.807) is 0 Å². The van der Waals surface area contributed by atoms with Gasteiger partial charge in [-0.2, -0.15) is 13.2 Å². The maximum absolute atomic E-state index is 13.5.